The van der Waals surface area contributed by atoms with E-state index in [0.717, 1.165) is 0 Å². The Morgan fingerprint density at radius 3 is 2.15 bits per heavy atom. The first-order valence-corrected chi connectivity index (χ1v) is 12.2. The molecule has 3 aromatic carbocycles. The molecule has 0 unspecified atom stereocenters. The maximum absolute atomic E-state index is 12.6. The van der Waals surface area contributed by atoms with E-state index in [4.69, 9.17) is 23.7 Å². The molecule has 0 aliphatic heterocycles. The van der Waals surface area contributed by atoms with Gasteiger partial charge in [0.15, 0.2) is 19.0 Å². The van der Waals surface area contributed by atoms with Gasteiger partial charge in [-0.25, -0.2) is 9.78 Å². The first-order valence-electron chi connectivity index (χ1n) is 12.2. The van der Waals surface area contributed by atoms with Gasteiger partial charge in [0.2, 0.25) is 5.89 Å². The van der Waals surface area contributed by atoms with Gasteiger partial charge >= 0.3 is 12.3 Å². The van der Waals surface area contributed by atoms with Crippen molar-refractivity contribution in [3.05, 3.63) is 78.2 Å². The van der Waals surface area contributed by atoms with E-state index in [1.165, 1.54) is 24.3 Å². The average Bonchev–Trinajstić information content (AvgIpc) is 3.31. The van der Waals surface area contributed by atoms with Crippen molar-refractivity contribution in [1.29, 1.82) is 0 Å². The molecule has 1 aromatic heterocycles. The number of nitrogens with zero attached hydrogens (tertiary/aromatic N) is 1. The summed E-state index contributed by atoms with van der Waals surface area (Å²) in [6.45, 7) is 5.08. The molecule has 0 saturated heterocycles. The largest absolute Gasteiger partial charge is 0.573 e. The number of ether oxygens (including phenoxy) is 4. The van der Waals surface area contributed by atoms with Gasteiger partial charge in [0.05, 0.1) is 6.10 Å². The zero-order valence-corrected chi connectivity index (χ0v) is 21.8. The molecule has 0 aliphatic rings. The number of hydrogen-bond donors (Lipinski definition) is 1. The normalized spacial score (nSPS) is 11.4. The predicted octanol–water partition coefficient (Wildman–Crippen LogP) is 7.05. The summed E-state index contributed by atoms with van der Waals surface area (Å²) in [5, 5.41) is 8.80. The number of aromatic nitrogens is 1. The lowest BCUT2D eigenvalue weighted by atomic mass is 10.1. The maximum atomic E-state index is 12.6. The lowest BCUT2D eigenvalue weighted by Crippen LogP contribution is -2.16. The predicted molar refractivity (Wildman–Crippen MR) is 138 cm³/mol. The maximum Gasteiger partial charge on any atom is 0.573 e. The van der Waals surface area contributed by atoms with Crippen LogP contribution in [0.25, 0.3) is 22.6 Å². The van der Waals surface area contributed by atoms with E-state index in [0.29, 0.717) is 45.4 Å². The van der Waals surface area contributed by atoms with E-state index in [1.807, 2.05) is 26.0 Å². The van der Waals surface area contributed by atoms with Crippen LogP contribution in [0.15, 0.2) is 71.1 Å². The standard InChI is InChI=1S/C29H26F3NO7/c1-17(2)38-21-8-4-19(5-9-21)27-28(20-6-10-22(11-7-20)40-29(30,31)32)39-25(33-27)15-36-23-12-13-24(18(3)14-23)37-16-26(34)35/h4-14,17H,15-16H2,1-3H3,(H,34,35). The molecule has 0 bridgehead atoms. The van der Waals surface area contributed by atoms with Crippen LogP contribution >= 0.6 is 0 Å². The number of carboxylic acid groups (broad SMARTS) is 1. The molecule has 0 saturated carbocycles. The number of rotatable bonds is 11. The molecule has 0 spiro atoms. The summed E-state index contributed by atoms with van der Waals surface area (Å²) in [5.74, 6) is 0.688. The molecular weight excluding hydrogens is 531 g/mol. The molecule has 11 heteroatoms. The second-order valence-corrected chi connectivity index (χ2v) is 8.95. The number of alkyl halides is 3. The van der Waals surface area contributed by atoms with Crippen molar-refractivity contribution in [3.63, 3.8) is 0 Å². The second kappa shape index (κ2) is 12.0. The number of carbonyl (C=O) groups is 1. The van der Waals surface area contributed by atoms with Crippen LogP contribution in [0.3, 0.4) is 0 Å². The fourth-order valence-electron chi connectivity index (χ4n) is 3.75. The van der Waals surface area contributed by atoms with Gasteiger partial charge in [-0.1, -0.05) is 0 Å². The highest BCUT2D eigenvalue weighted by Crippen LogP contribution is 2.35. The van der Waals surface area contributed by atoms with E-state index in [-0.39, 0.29) is 24.4 Å². The summed E-state index contributed by atoms with van der Waals surface area (Å²) < 4.78 is 64.6. The SMILES string of the molecule is Cc1cc(OCc2nc(-c3ccc(OC(C)C)cc3)c(-c3ccc(OC(F)(F)F)cc3)o2)ccc1OCC(=O)O. The van der Waals surface area contributed by atoms with Gasteiger partial charge in [-0.3, -0.25) is 0 Å². The topological polar surface area (TPSA) is 100 Å². The van der Waals surface area contributed by atoms with E-state index in [9.17, 15) is 18.0 Å². The molecule has 1 N–H and O–H groups in total. The van der Waals surface area contributed by atoms with Crippen LogP contribution in [-0.2, 0) is 11.4 Å². The van der Waals surface area contributed by atoms with Crippen LogP contribution in [0.4, 0.5) is 13.2 Å². The summed E-state index contributed by atoms with van der Waals surface area (Å²) in [4.78, 5) is 15.4. The summed E-state index contributed by atoms with van der Waals surface area (Å²) in [6.07, 6.45) is -4.81. The molecule has 40 heavy (non-hydrogen) atoms. The van der Waals surface area contributed by atoms with E-state index >= 15 is 0 Å². The van der Waals surface area contributed by atoms with E-state index in [1.54, 1.807) is 37.3 Å². The Morgan fingerprint density at radius 1 is 0.925 bits per heavy atom. The molecular formula is C29H26F3NO7. The lowest BCUT2D eigenvalue weighted by Gasteiger charge is -2.10. The lowest BCUT2D eigenvalue weighted by molar-refractivity contribution is -0.274. The Morgan fingerprint density at radius 2 is 1.55 bits per heavy atom. The monoisotopic (exact) mass is 557 g/mol. The first kappa shape index (κ1) is 28.3. The van der Waals surface area contributed by atoms with Crippen molar-refractivity contribution in [2.75, 3.05) is 6.61 Å². The van der Waals surface area contributed by atoms with E-state index < -0.39 is 18.9 Å². The zero-order valence-electron chi connectivity index (χ0n) is 21.8. The Bertz CT molecular complexity index is 1450. The number of aliphatic carboxylic acids is 1. The molecule has 210 valence electrons. The Labute approximate surface area is 227 Å². The molecule has 8 nitrogen and oxygen atoms in total. The van der Waals surface area contributed by atoms with Crippen molar-refractivity contribution < 1.29 is 46.4 Å². The number of benzene rings is 3. The van der Waals surface area contributed by atoms with Crippen LogP contribution < -0.4 is 18.9 Å². The van der Waals surface area contributed by atoms with Crippen LogP contribution in [0.1, 0.15) is 25.3 Å². The highest BCUT2D eigenvalue weighted by atomic mass is 19.4. The van der Waals surface area contributed by atoms with Crippen molar-refractivity contribution in [2.24, 2.45) is 0 Å². The fraction of sp³-hybridized carbons (Fsp3) is 0.241. The quantitative estimate of drug-likeness (QED) is 0.210. The summed E-state index contributed by atoms with van der Waals surface area (Å²) in [6, 6.07) is 17.4. The third kappa shape index (κ3) is 7.68. The highest BCUT2D eigenvalue weighted by Gasteiger charge is 2.31. The molecule has 1 heterocycles. The first-order chi connectivity index (χ1) is 19.0. The van der Waals surface area contributed by atoms with Gasteiger partial charge < -0.3 is 28.5 Å². The van der Waals surface area contributed by atoms with Crippen molar-refractivity contribution in [1.82, 2.24) is 4.98 Å². The second-order valence-electron chi connectivity index (χ2n) is 8.95. The van der Waals surface area contributed by atoms with Gasteiger partial charge in [0.1, 0.15) is 28.7 Å². The Balaban J connectivity index is 1.59. The number of hydrogen-bond acceptors (Lipinski definition) is 7. The molecule has 0 radical (unpaired) electrons. The van der Waals surface area contributed by atoms with Crippen molar-refractivity contribution >= 4 is 5.97 Å². The molecule has 0 fully saturated rings. The van der Waals surface area contributed by atoms with Crippen LogP contribution in [0, 0.1) is 6.92 Å². The zero-order chi connectivity index (χ0) is 28.9. The molecule has 0 atom stereocenters. The Kier molecular flexibility index (Phi) is 8.52. The third-order valence-electron chi connectivity index (χ3n) is 5.38. The third-order valence-corrected chi connectivity index (χ3v) is 5.38. The number of carboxylic acids is 1. The van der Waals surface area contributed by atoms with Gasteiger partial charge in [-0.2, -0.15) is 0 Å². The highest BCUT2D eigenvalue weighted by molar-refractivity contribution is 5.77. The average molecular weight is 558 g/mol. The van der Waals surface area contributed by atoms with E-state index in [2.05, 4.69) is 9.72 Å². The van der Waals surface area contributed by atoms with Gasteiger partial charge in [-0.15, -0.1) is 13.2 Å². The number of halogens is 3. The molecule has 0 aliphatic carbocycles. The van der Waals surface area contributed by atoms with Crippen molar-refractivity contribution in [3.8, 4) is 45.6 Å². The van der Waals surface area contributed by atoms with Gasteiger partial charge in [-0.05, 0) is 93.1 Å². The summed E-state index contributed by atoms with van der Waals surface area (Å²) in [5.41, 5.74) is 2.33. The number of aryl methyl sites for hydroxylation is 1. The van der Waals surface area contributed by atoms with Crippen LogP contribution in [0.2, 0.25) is 0 Å². The fourth-order valence-corrected chi connectivity index (χ4v) is 3.75. The van der Waals surface area contributed by atoms with Gasteiger partial charge in [0, 0.05) is 11.1 Å². The number of oxazole rings is 1. The Hall–Kier alpha value is -4.67. The summed E-state index contributed by atoms with van der Waals surface area (Å²) in [7, 11) is 0. The molecule has 0 amide bonds. The summed E-state index contributed by atoms with van der Waals surface area (Å²) >= 11 is 0. The van der Waals surface area contributed by atoms with Gasteiger partial charge in [0.25, 0.3) is 0 Å². The minimum absolute atomic E-state index is 0.00363. The smallest absolute Gasteiger partial charge is 0.491 e. The minimum Gasteiger partial charge on any atom is -0.491 e. The van der Waals surface area contributed by atoms with Crippen molar-refractivity contribution in [2.45, 2.75) is 39.8 Å². The van der Waals surface area contributed by atoms with Crippen LogP contribution in [0.5, 0.6) is 23.0 Å². The minimum atomic E-state index is -4.80. The van der Waals surface area contributed by atoms with Crippen LogP contribution in [-0.4, -0.2) is 35.1 Å². The molecule has 4 aromatic rings. The molecule has 4 rings (SSSR count).